The Bertz CT molecular complexity index is 441. The number of ether oxygens (including phenoxy) is 1. The van der Waals surface area contributed by atoms with Crippen molar-refractivity contribution < 1.29 is 14.6 Å². The van der Waals surface area contributed by atoms with Crippen LogP contribution in [-0.4, -0.2) is 30.8 Å². The van der Waals surface area contributed by atoms with E-state index in [1.54, 1.807) is 19.2 Å². The third kappa shape index (κ3) is 3.01. The number of hydrogen-bond acceptors (Lipinski definition) is 3. The zero-order valence-corrected chi connectivity index (χ0v) is 10.8. The number of amides is 1. The molecule has 1 aliphatic rings. The molecule has 18 heavy (non-hydrogen) atoms. The van der Waals surface area contributed by atoms with E-state index in [1.807, 2.05) is 13.0 Å². The third-order valence-corrected chi connectivity index (χ3v) is 3.31. The first-order chi connectivity index (χ1) is 8.61. The highest BCUT2D eigenvalue weighted by atomic mass is 16.5. The summed E-state index contributed by atoms with van der Waals surface area (Å²) < 4.78 is 5.18. The molecule has 1 aliphatic carbocycles. The maximum Gasteiger partial charge on any atom is 0.251 e. The average Bonchev–Trinajstić information content (AvgIpc) is 3.20. The van der Waals surface area contributed by atoms with Crippen LogP contribution in [0.25, 0.3) is 0 Å². The van der Waals surface area contributed by atoms with Gasteiger partial charge in [-0.15, -0.1) is 0 Å². The van der Waals surface area contributed by atoms with Gasteiger partial charge >= 0.3 is 0 Å². The Hall–Kier alpha value is -1.55. The van der Waals surface area contributed by atoms with Gasteiger partial charge in [0.1, 0.15) is 5.75 Å². The standard InChI is InChI=1S/C14H19NO3/c1-9-3-4-11(7-13(9)18-2)14(17)15-8-12(16)10-5-6-10/h3-4,7,10,12,16H,5-6,8H2,1-2H3,(H,15,17). The number of rotatable bonds is 5. The van der Waals surface area contributed by atoms with E-state index in [1.165, 1.54) is 0 Å². The van der Waals surface area contributed by atoms with E-state index < -0.39 is 6.10 Å². The Balaban J connectivity index is 1.95. The lowest BCUT2D eigenvalue weighted by Gasteiger charge is -2.11. The summed E-state index contributed by atoms with van der Waals surface area (Å²) in [4.78, 5) is 11.9. The first-order valence-corrected chi connectivity index (χ1v) is 6.22. The molecule has 1 saturated carbocycles. The monoisotopic (exact) mass is 249 g/mol. The molecule has 2 rings (SSSR count). The van der Waals surface area contributed by atoms with E-state index in [-0.39, 0.29) is 5.91 Å². The smallest absolute Gasteiger partial charge is 0.251 e. The predicted molar refractivity (Wildman–Crippen MR) is 68.8 cm³/mol. The summed E-state index contributed by atoms with van der Waals surface area (Å²) >= 11 is 0. The van der Waals surface area contributed by atoms with E-state index in [0.717, 1.165) is 18.4 Å². The van der Waals surface area contributed by atoms with Crippen molar-refractivity contribution in [3.05, 3.63) is 29.3 Å². The minimum atomic E-state index is -0.415. The molecule has 1 aromatic carbocycles. The molecule has 0 bridgehead atoms. The van der Waals surface area contributed by atoms with Crippen LogP contribution in [0.1, 0.15) is 28.8 Å². The number of carbonyl (C=O) groups is 1. The minimum absolute atomic E-state index is 0.173. The fourth-order valence-corrected chi connectivity index (χ4v) is 1.91. The lowest BCUT2D eigenvalue weighted by Crippen LogP contribution is -2.33. The summed E-state index contributed by atoms with van der Waals surface area (Å²) in [6, 6.07) is 5.33. The van der Waals surface area contributed by atoms with Gasteiger partial charge in [0.15, 0.2) is 0 Å². The van der Waals surface area contributed by atoms with E-state index in [2.05, 4.69) is 5.32 Å². The Morgan fingerprint density at radius 3 is 2.89 bits per heavy atom. The van der Waals surface area contributed by atoms with Crippen molar-refractivity contribution in [1.82, 2.24) is 5.32 Å². The number of hydrogen-bond donors (Lipinski definition) is 2. The maximum absolute atomic E-state index is 11.9. The van der Waals surface area contributed by atoms with Crippen molar-refractivity contribution in [2.75, 3.05) is 13.7 Å². The van der Waals surface area contributed by atoms with Crippen molar-refractivity contribution >= 4 is 5.91 Å². The number of methoxy groups -OCH3 is 1. The third-order valence-electron chi connectivity index (χ3n) is 3.31. The molecule has 0 saturated heterocycles. The van der Waals surface area contributed by atoms with E-state index in [0.29, 0.717) is 23.8 Å². The van der Waals surface area contributed by atoms with Gasteiger partial charge in [0, 0.05) is 12.1 Å². The fraction of sp³-hybridized carbons (Fsp3) is 0.500. The SMILES string of the molecule is COc1cc(C(=O)NCC(O)C2CC2)ccc1C. The van der Waals surface area contributed by atoms with Crippen molar-refractivity contribution in [2.45, 2.75) is 25.9 Å². The van der Waals surface area contributed by atoms with E-state index >= 15 is 0 Å². The average molecular weight is 249 g/mol. The number of benzene rings is 1. The quantitative estimate of drug-likeness (QED) is 0.831. The Labute approximate surface area is 107 Å². The van der Waals surface area contributed by atoms with Crippen LogP contribution >= 0.6 is 0 Å². The van der Waals surface area contributed by atoms with Crippen molar-refractivity contribution in [2.24, 2.45) is 5.92 Å². The molecule has 1 amide bonds. The molecule has 4 heteroatoms. The molecule has 0 heterocycles. The summed E-state index contributed by atoms with van der Waals surface area (Å²) in [6.45, 7) is 2.25. The van der Waals surface area contributed by atoms with Crippen molar-refractivity contribution in [3.8, 4) is 5.75 Å². The summed E-state index contributed by atoms with van der Waals surface area (Å²) in [5, 5.41) is 12.4. The van der Waals surface area contributed by atoms with Crippen LogP contribution in [0.4, 0.5) is 0 Å². The Morgan fingerprint density at radius 2 is 2.28 bits per heavy atom. The molecule has 2 N–H and O–H groups in total. The highest BCUT2D eigenvalue weighted by Crippen LogP contribution is 2.32. The minimum Gasteiger partial charge on any atom is -0.496 e. The van der Waals surface area contributed by atoms with Crippen molar-refractivity contribution in [3.63, 3.8) is 0 Å². The van der Waals surface area contributed by atoms with Crippen LogP contribution in [-0.2, 0) is 0 Å². The zero-order chi connectivity index (χ0) is 13.1. The number of carbonyl (C=O) groups excluding carboxylic acids is 1. The normalized spacial score (nSPS) is 16.2. The molecular weight excluding hydrogens is 230 g/mol. The second-order valence-electron chi connectivity index (χ2n) is 4.80. The lowest BCUT2D eigenvalue weighted by molar-refractivity contribution is 0.0901. The number of nitrogens with one attached hydrogen (secondary N) is 1. The van der Waals surface area contributed by atoms with Gasteiger partial charge in [-0.3, -0.25) is 4.79 Å². The van der Waals surface area contributed by atoms with Gasteiger partial charge in [-0.05, 0) is 43.4 Å². The summed E-state index contributed by atoms with van der Waals surface area (Å²) in [6.07, 6.45) is 1.71. The van der Waals surface area contributed by atoms with Gasteiger partial charge in [-0.1, -0.05) is 6.07 Å². The van der Waals surface area contributed by atoms with E-state index in [9.17, 15) is 9.90 Å². The summed E-state index contributed by atoms with van der Waals surface area (Å²) in [7, 11) is 1.58. The zero-order valence-electron chi connectivity index (χ0n) is 10.8. The first kappa shape index (κ1) is 12.9. The predicted octanol–water partition coefficient (Wildman–Crippen LogP) is 1.50. The van der Waals surface area contributed by atoms with Crippen LogP contribution in [0.3, 0.4) is 0 Å². The summed E-state index contributed by atoms with van der Waals surface area (Å²) in [5.74, 6) is 0.899. The van der Waals surface area contributed by atoms with Gasteiger partial charge < -0.3 is 15.2 Å². The highest BCUT2D eigenvalue weighted by Gasteiger charge is 2.29. The van der Waals surface area contributed by atoms with Crippen LogP contribution in [0.5, 0.6) is 5.75 Å². The number of aliphatic hydroxyl groups excluding tert-OH is 1. The Morgan fingerprint density at radius 1 is 1.56 bits per heavy atom. The molecule has 1 fully saturated rings. The highest BCUT2D eigenvalue weighted by molar-refractivity contribution is 5.94. The molecule has 98 valence electrons. The molecule has 0 radical (unpaired) electrons. The van der Waals surface area contributed by atoms with Gasteiger partial charge in [0.05, 0.1) is 13.2 Å². The van der Waals surface area contributed by atoms with Gasteiger partial charge in [0.25, 0.3) is 5.91 Å². The molecule has 4 nitrogen and oxygen atoms in total. The van der Waals surface area contributed by atoms with Gasteiger partial charge in [-0.2, -0.15) is 0 Å². The van der Waals surface area contributed by atoms with Gasteiger partial charge in [0.2, 0.25) is 0 Å². The summed E-state index contributed by atoms with van der Waals surface area (Å²) in [5.41, 5.74) is 1.55. The molecule has 1 unspecified atom stereocenters. The van der Waals surface area contributed by atoms with Crippen LogP contribution in [0, 0.1) is 12.8 Å². The molecule has 1 aromatic rings. The number of aliphatic hydroxyl groups is 1. The first-order valence-electron chi connectivity index (χ1n) is 6.22. The molecule has 0 spiro atoms. The molecular formula is C14H19NO3. The van der Waals surface area contributed by atoms with Crippen LogP contribution in [0.2, 0.25) is 0 Å². The molecule has 0 aliphatic heterocycles. The lowest BCUT2D eigenvalue weighted by atomic mass is 10.1. The molecule has 1 atom stereocenters. The second-order valence-corrected chi connectivity index (χ2v) is 4.80. The fourth-order valence-electron chi connectivity index (χ4n) is 1.91. The maximum atomic E-state index is 11.9. The van der Waals surface area contributed by atoms with Crippen LogP contribution < -0.4 is 10.1 Å². The second kappa shape index (κ2) is 5.40. The number of aryl methyl sites for hydroxylation is 1. The molecule has 0 aromatic heterocycles. The topological polar surface area (TPSA) is 58.6 Å². The van der Waals surface area contributed by atoms with Crippen molar-refractivity contribution in [1.29, 1.82) is 0 Å². The van der Waals surface area contributed by atoms with Crippen LogP contribution in [0.15, 0.2) is 18.2 Å². The Kier molecular flexibility index (Phi) is 3.87. The van der Waals surface area contributed by atoms with E-state index in [4.69, 9.17) is 4.74 Å². The largest absolute Gasteiger partial charge is 0.496 e. The van der Waals surface area contributed by atoms with Gasteiger partial charge in [-0.25, -0.2) is 0 Å².